The van der Waals surface area contributed by atoms with Gasteiger partial charge in [-0.15, -0.1) is 0 Å². The van der Waals surface area contributed by atoms with Gasteiger partial charge in [0.2, 0.25) is 0 Å². The second-order valence-electron chi connectivity index (χ2n) is 8.03. The van der Waals surface area contributed by atoms with Crippen molar-refractivity contribution in [3.8, 4) is 0 Å². The first-order valence-corrected chi connectivity index (χ1v) is 9.35. The maximum atomic E-state index is 12.5. The molecule has 0 aromatic carbocycles. The molecule has 2 fully saturated rings. The second-order valence-corrected chi connectivity index (χ2v) is 8.03. The number of carbonyl (C=O) groups is 1. The quantitative estimate of drug-likeness (QED) is 0.737. The van der Waals surface area contributed by atoms with Crippen LogP contribution in [-0.4, -0.2) is 48.3 Å². The van der Waals surface area contributed by atoms with Crippen molar-refractivity contribution < 1.29 is 9.53 Å². The normalized spacial score (nSPS) is 28.3. The summed E-state index contributed by atoms with van der Waals surface area (Å²) in [6.45, 7) is 8.46. The van der Waals surface area contributed by atoms with E-state index >= 15 is 0 Å². The van der Waals surface area contributed by atoms with Crippen LogP contribution in [0.1, 0.15) is 65.7 Å². The summed E-state index contributed by atoms with van der Waals surface area (Å²) in [5, 5.41) is 3.72. The highest BCUT2D eigenvalue weighted by atomic mass is 16.6. The number of nitrogens with zero attached hydrogens (tertiary/aromatic N) is 1. The van der Waals surface area contributed by atoms with Crippen LogP contribution in [0.2, 0.25) is 0 Å². The maximum Gasteiger partial charge on any atom is 0.410 e. The molecule has 1 aliphatic heterocycles. The Hall–Kier alpha value is -0.810. The molecule has 1 saturated carbocycles. The van der Waals surface area contributed by atoms with Crippen molar-refractivity contribution in [3.05, 3.63) is 0 Å². The number of rotatable bonds is 6. The Morgan fingerprint density at radius 2 is 2.00 bits per heavy atom. The molecule has 3 N–H and O–H groups in total. The van der Waals surface area contributed by atoms with Gasteiger partial charge < -0.3 is 20.7 Å². The topological polar surface area (TPSA) is 67.6 Å². The predicted molar refractivity (Wildman–Crippen MR) is 93.4 cm³/mol. The van der Waals surface area contributed by atoms with Crippen LogP contribution in [0, 0.1) is 5.92 Å². The zero-order chi connectivity index (χ0) is 16.9. The van der Waals surface area contributed by atoms with Crippen molar-refractivity contribution in [2.75, 3.05) is 19.6 Å². The zero-order valence-corrected chi connectivity index (χ0v) is 15.1. The molecular weight excluding hydrogens is 290 g/mol. The molecule has 5 heteroatoms. The van der Waals surface area contributed by atoms with Gasteiger partial charge in [0.15, 0.2) is 0 Å². The fourth-order valence-corrected chi connectivity index (χ4v) is 4.04. The van der Waals surface area contributed by atoms with E-state index in [1.807, 2.05) is 25.7 Å². The molecular formula is C18H35N3O2. The molecule has 1 saturated heterocycles. The first kappa shape index (κ1) is 18.5. The van der Waals surface area contributed by atoms with E-state index in [2.05, 4.69) is 5.32 Å². The summed E-state index contributed by atoms with van der Waals surface area (Å²) in [4.78, 5) is 14.5. The van der Waals surface area contributed by atoms with E-state index in [4.69, 9.17) is 10.5 Å². The summed E-state index contributed by atoms with van der Waals surface area (Å²) < 4.78 is 5.61. The van der Waals surface area contributed by atoms with E-state index in [1.165, 1.54) is 19.3 Å². The van der Waals surface area contributed by atoms with Crippen LogP contribution in [0.3, 0.4) is 0 Å². The van der Waals surface area contributed by atoms with Crippen molar-refractivity contribution in [1.29, 1.82) is 0 Å². The largest absolute Gasteiger partial charge is 0.444 e. The highest BCUT2D eigenvalue weighted by Gasteiger charge is 2.41. The monoisotopic (exact) mass is 325 g/mol. The van der Waals surface area contributed by atoms with Gasteiger partial charge in [-0.2, -0.15) is 0 Å². The number of hydrogen-bond donors (Lipinski definition) is 2. The SMILES string of the molecule is CC(C)(C)OC(=O)N1CCCC1C1CCCC1NCCCCN. The summed E-state index contributed by atoms with van der Waals surface area (Å²) in [6, 6.07) is 0.889. The van der Waals surface area contributed by atoms with Crippen LogP contribution in [0.5, 0.6) is 0 Å². The van der Waals surface area contributed by atoms with Crippen molar-refractivity contribution >= 4 is 6.09 Å². The molecule has 1 amide bonds. The van der Waals surface area contributed by atoms with Crippen molar-refractivity contribution in [1.82, 2.24) is 10.2 Å². The molecule has 1 aliphatic carbocycles. The first-order valence-electron chi connectivity index (χ1n) is 9.35. The third kappa shape index (κ3) is 5.35. The summed E-state index contributed by atoms with van der Waals surface area (Å²) in [5.74, 6) is 0.572. The lowest BCUT2D eigenvalue weighted by Gasteiger charge is -2.34. The number of nitrogens with one attached hydrogen (secondary N) is 1. The van der Waals surface area contributed by atoms with Gasteiger partial charge in [-0.3, -0.25) is 0 Å². The highest BCUT2D eigenvalue weighted by Crippen LogP contribution is 2.36. The molecule has 2 rings (SSSR count). The van der Waals surface area contributed by atoms with Crippen LogP contribution in [0.15, 0.2) is 0 Å². The minimum absolute atomic E-state index is 0.131. The van der Waals surface area contributed by atoms with Gasteiger partial charge in [0.05, 0.1) is 0 Å². The van der Waals surface area contributed by atoms with Crippen molar-refractivity contribution in [3.63, 3.8) is 0 Å². The molecule has 1 heterocycles. The van der Waals surface area contributed by atoms with Gasteiger partial charge in [-0.25, -0.2) is 4.79 Å². The Labute approximate surface area is 141 Å². The lowest BCUT2D eigenvalue weighted by molar-refractivity contribution is 0.0167. The van der Waals surface area contributed by atoms with Gasteiger partial charge in [0.1, 0.15) is 5.60 Å². The number of likely N-dealkylation sites (tertiary alicyclic amines) is 1. The van der Waals surface area contributed by atoms with Gasteiger partial charge in [-0.05, 0) is 78.3 Å². The fraction of sp³-hybridized carbons (Fsp3) is 0.944. The fourth-order valence-electron chi connectivity index (χ4n) is 4.04. The average molecular weight is 325 g/mol. The Bertz CT molecular complexity index is 381. The van der Waals surface area contributed by atoms with Crippen LogP contribution in [0.4, 0.5) is 4.79 Å². The Balaban J connectivity index is 1.91. The lowest BCUT2D eigenvalue weighted by atomic mass is 9.92. The molecule has 0 spiro atoms. The highest BCUT2D eigenvalue weighted by molar-refractivity contribution is 5.69. The lowest BCUT2D eigenvalue weighted by Crippen LogP contribution is -2.47. The minimum Gasteiger partial charge on any atom is -0.444 e. The molecule has 0 aromatic heterocycles. The van der Waals surface area contributed by atoms with Crippen LogP contribution in [-0.2, 0) is 4.74 Å². The molecule has 0 radical (unpaired) electrons. The number of carbonyl (C=O) groups excluding carboxylic acids is 1. The van der Waals surface area contributed by atoms with Gasteiger partial charge >= 0.3 is 6.09 Å². The molecule has 3 atom stereocenters. The van der Waals surface area contributed by atoms with Crippen molar-refractivity contribution in [2.45, 2.75) is 83.4 Å². The summed E-state index contributed by atoms with van der Waals surface area (Å²) in [5.41, 5.74) is 5.15. The van der Waals surface area contributed by atoms with E-state index in [-0.39, 0.29) is 6.09 Å². The number of hydrogen-bond acceptors (Lipinski definition) is 4. The van der Waals surface area contributed by atoms with Crippen LogP contribution in [0.25, 0.3) is 0 Å². The standard InChI is InChI=1S/C18H35N3O2/c1-18(2,3)23-17(22)21-13-7-10-16(21)14-8-6-9-15(14)20-12-5-4-11-19/h14-16,20H,4-13,19H2,1-3H3. The van der Waals surface area contributed by atoms with Gasteiger partial charge in [0, 0.05) is 18.6 Å². The molecule has 2 aliphatic rings. The smallest absolute Gasteiger partial charge is 0.410 e. The molecule has 134 valence electrons. The number of nitrogens with two attached hydrogens (primary N) is 1. The van der Waals surface area contributed by atoms with E-state index in [9.17, 15) is 4.79 Å². The van der Waals surface area contributed by atoms with Gasteiger partial charge in [-0.1, -0.05) is 6.42 Å². The maximum absolute atomic E-state index is 12.5. The molecule has 23 heavy (non-hydrogen) atoms. The number of amides is 1. The summed E-state index contributed by atoms with van der Waals surface area (Å²) in [6.07, 6.45) is 8.01. The summed E-state index contributed by atoms with van der Waals surface area (Å²) in [7, 11) is 0. The van der Waals surface area contributed by atoms with Crippen LogP contribution >= 0.6 is 0 Å². The number of unbranched alkanes of at least 4 members (excludes halogenated alkanes) is 1. The Kier molecular flexibility index (Phi) is 6.72. The first-order chi connectivity index (χ1) is 10.9. The number of ether oxygens (including phenoxy) is 1. The van der Waals surface area contributed by atoms with E-state index < -0.39 is 5.60 Å². The second kappa shape index (κ2) is 8.34. The predicted octanol–water partition coefficient (Wildman–Crippen LogP) is 2.88. The van der Waals surface area contributed by atoms with E-state index in [1.54, 1.807) is 0 Å². The van der Waals surface area contributed by atoms with Crippen molar-refractivity contribution in [2.24, 2.45) is 11.7 Å². The van der Waals surface area contributed by atoms with Gasteiger partial charge in [0.25, 0.3) is 0 Å². The average Bonchev–Trinajstić information content (AvgIpc) is 3.09. The third-order valence-electron chi connectivity index (χ3n) is 5.03. The Morgan fingerprint density at radius 1 is 1.22 bits per heavy atom. The zero-order valence-electron chi connectivity index (χ0n) is 15.1. The molecule has 3 unspecified atom stereocenters. The van der Waals surface area contributed by atoms with E-state index in [0.29, 0.717) is 18.0 Å². The third-order valence-corrected chi connectivity index (χ3v) is 5.03. The minimum atomic E-state index is -0.417. The van der Waals surface area contributed by atoms with Crippen LogP contribution < -0.4 is 11.1 Å². The van der Waals surface area contributed by atoms with E-state index in [0.717, 1.165) is 45.3 Å². The molecule has 0 bridgehead atoms. The molecule has 0 aromatic rings. The Morgan fingerprint density at radius 3 is 2.70 bits per heavy atom. The summed E-state index contributed by atoms with van der Waals surface area (Å²) >= 11 is 0. The molecule has 5 nitrogen and oxygen atoms in total.